The quantitative estimate of drug-likeness (QED) is 0.0242. The number of nitrogens with zero attached hydrogens (tertiary/aromatic N) is 2. The van der Waals surface area contributed by atoms with Crippen LogP contribution in [0.4, 0.5) is 17.1 Å². The molecule has 3 N–H and O–H groups in total. The van der Waals surface area contributed by atoms with E-state index in [1.807, 2.05) is 134 Å². The van der Waals surface area contributed by atoms with Crippen molar-refractivity contribution in [3.05, 3.63) is 268 Å². The standard InChI is InChI=1S/2C24H27NO4.C21H23NO6.C21H23NO4.C20H21NO5.5CH4/c2*1-16(26)14-22(18-8-11-20(12-9-18)25-17(2)27)19-10-13-23(28-3)24(15-19)29-21-6-4-5-7-21;1-23-16-8-7-15(19(26-4)21(16)28-6)14(9-10-22)13-11-17(24-2)20(27-5)18(12-13)25-3;1-5-26-21-13-17(8-11-20(21)25-4)19(12-14(2)23)16-6-9-18(10-7-16)22-15(3)24;1-22-16-7-6-13(10-17(16)23-2)15(8-9-21)14-11-18(24-3)20(26-5)19(12-14)25-4;;;;;/h2*8-15,21H,4-7H2,1-3H3,(H,25,27);7-9,11-12H,1-6H3;6-13H,5H2,1-4H3,(H,22,24);6-8,10-12H,1-5H3;5*1H4/b22-14+;22-14-;;19-12+;;;;;;. The van der Waals surface area contributed by atoms with Crippen LogP contribution < -0.4 is 96.5 Å². The zero-order chi connectivity index (χ0) is 100. The largest absolute Gasteiger partial charge is 0.493 e. The highest BCUT2D eigenvalue weighted by molar-refractivity contribution is 6.02. The van der Waals surface area contributed by atoms with Gasteiger partial charge in [0.25, 0.3) is 0 Å². The van der Waals surface area contributed by atoms with Crippen LogP contribution >= 0.6 is 0 Å². The van der Waals surface area contributed by atoms with E-state index in [1.54, 1.807) is 137 Å². The van der Waals surface area contributed by atoms with Crippen LogP contribution in [0, 0.1) is 22.7 Å². The number of carbonyl (C=O) groups excluding carboxylic acids is 6. The van der Waals surface area contributed by atoms with Gasteiger partial charge in [-0.15, -0.1) is 0 Å². The van der Waals surface area contributed by atoms with E-state index in [9.17, 15) is 39.3 Å². The molecule has 0 spiro atoms. The number of ether oxygens (including phenoxy) is 17. The van der Waals surface area contributed by atoms with Crippen LogP contribution in [-0.4, -0.2) is 153 Å². The lowest BCUT2D eigenvalue weighted by atomic mass is 9.95. The van der Waals surface area contributed by atoms with E-state index >= 15 is 0 Å². The first-order valence-electron chi connectivity index (χ1n) is 44.2. The molecule has 2 saturated carbocycles. The third kappa shape index (κ3) is 34.1. The fraction of sp³-hybridized carbons (Fsp3) is 0.322. The van der Waals surface area contributed by atoms with Gasteiger partial charge in [0.1, 0.15) is 0 Å². The number of hydrogen-bond donors (Lipinski definition) is 3. The summed E-state index contributed by atoms with van der Waals surface area (Å²) in [6, 6.07) is 59.5. The number of amides is 3. The van der Waals surface area contributed by atoms with Gasteiger partial charge < -0.3 is 96.5 Å². The number of allylic oxidation sites excluding steroid dienone is 5. The number of methoxy groups -OCH3 is 14. The number of anilines is 3. The molecule has 0 unspecified atom stereocenters. The number of rotatable bonds is 36. The smallest absolute Gasteiger partial charge is 0.221 e. The fourth-order valence-electron chi connectivity index (χ4n) is 15.3. The number of ketones is 3. The van der Waals surface area contributed by atoms with Crippen LogP contribution in [0.2, 0.25) is 0 Å². The van der Waals surface area contributed by atoms with Crippen LogP contribution in [-0.2, 0) is 28.8 Å². The number of carbonyl (C=O) groups is 6. The lowest BCUT2D eigenvalue weighted by molar-refractivity contribution is -0.115. The van der Waals surface area contributed by atoms with Crippen LogP contribution in [0.3, 0.4) is 0 Å². The number of nitrogens with one attached hydrogen (secondary N) is 3. The van der Waals surface area contributed by atoms with Crippen LogP contribution in [0.15, 0.2) is 212 Å². The maximum Gasteiger partial charge on any atom is 0.221 e. The molecule has 764 valence electrons. The lowest BCUT2D eigenvalue weighted by Gasteiger charge is -2.19. The highest BCUT2D eigenvalue weighted by atomic mass is 16.6. The molecule has 2 aliphatic carbocycles. The Kier molecular flexibility index (Phi) is 52.0. The maximum atomic E-state index is 11.9. The Balaban J connectivity index is 0.000000456. The van der Waals surface area contributed by atoms with E-state index in [0.29, 0.717) is 144 Å². The summed E-state index contributed by atoms with van der Waals surface area (Å²) in [6.45, 7) is 11.4. The molecule has 10 aromatic carbocycles. The molecular formula is C115H141N5O23. The highest BCUT2D eigenvalue weighted by Gasteiger charge is 2.27. The molecule has 0 saturated heterocycles. The minimum Gasteiger partial charge on any atom is -0.493 e. The molecule has 0 aromatic heterocycles. The van der Waals surface area contributed by atoms with Gasteiger partial charge in [-0.3, -0.25) is 28.8 Å². The van der Waals surface area contributed by atoms with Gasteiger partial charge in [-0.05, 0) is 291 Å². The molecule has 0 radical (unpaired) electrons. The molecule has 10 aromatic rings. The second-order valence-corrected chi connectivity index (χ2v) is 31.0. The Labute approximate surface area is 844 Å². The normalized spacial score (nSPS) is 11.9. The molecule has 0 aliphatic heterocycles. The Morgan fingerprint density at radius 3 is 0.811 bits per heavy atom. The van der Waals surface area contributed by atoms with Crippen molar-refractivity contribution >= 4 is 80.0 Å². The van der Waals surface area contributed by atoms with E-state index in [4.69, 9.17) is 80.5 Å². The van der Waals surface area contributed by atoms with Crippen molar-refractivity contribution in [3.63, 3.8) is 0 Å². The highest BCUT2D eigenvalue weighted by Crippen LogP contribution is 2.49. The molecule has 28 nitrogen and oxygen atoms in total. The van der Waals surface area contributed by atoms with Crippen LogP contribution in [0.5, 0.6) is 97.7 Å². The molecule has 3 amide bonds. The topological polar surface area (TPSA) is 343 Å². The zero-order valence-electron chi connectivity index (χ0n) is 82.0. The van der Waals surface area contributed by atoms with Crippen molar-refractivity contribution < 1.29 is 109 Å². The van der Waals surface area contributed by atoms with Gasteiger partial charge in [-0.2, -0.15) is 10.5 Å². The monoisotopic (exact) mass is 1960 g/mol. The summed E-state index contributed by atoms with van der Waals surface area (Å²) in [5.74, 6) is 8.98. The van der Waals surface area contributed by atoms with Gasteiger partial charge in [0.05, 0.1) is 130 Å². The second-order valence-electron chi connectivity index (χ2n) is 31.0. The molecule has 0 atom stereocenters. The summed E-state index contributed by atoms with van der Waals surface area (Å²) in [6.07, 6.45) is 17.1. The number of nitriles is 2. The minimum absolute atomic E-state index is 0. The summed E-state index contributed by atoms with van der Waals surface area (Å²) < 4.78 is 93.7. The maximum absolute atomic E-state index is 11.9. The Morgan fingerprint density at radius 2 is 0.531 bits per heavy atom. The van der Waals surface area contributed by atoms with Gasteiger partial charge in [0.2, 0.25) is 35.0 Å². The summed E-state index contributed by atoms with van der Waals surface area (Å²) in [7, 11) is 21.8. The first-order valence-corrected chi connectivity index (χ1v) is 44.2. The molecule has 143 heavy (non-hydrogen) atoms. The summed E-state index contributed by atoms with van der Waals surface area (Å²) in [4.78, 5) is 69.2. The molecule has 0 bridgehead atoms. The van der Waals surface area contributed by atoms with Crippen molar-refractivity contribution in [3.8, 4) is 110 Å². The first kappa shape index (κ1) is 121. The Bertz CT molecular complexity index is 5930. The zero-order valence-corrected chi connectivity index (χ0v) is 82.0. The third-order valence-corrected chi connectivity index (χ3v) is 21.6. The van der Waals surface area contributed by atoms with Gasteiger partial charge in [-0.25, -0.2) is 0 Å². The van der Waals surface area contributed by atoms with Gasteiger partial charge in [0.15, 0.2) is 97.8 Å². The minimum atomic E-state index is -0.131. The van der Waals surface area contributed by atoms with E-state index in [2.05, 4.69) is 28.1 Å². The first-order chi connectivity index (χ1) is 66.6. The molecule has 12 rings (SSSR count). The fourth-order valence-corrected chi connectivity index (χ4v) is 15.3. The van der Waals surface area contributed by atoms with Crippen molar-refractivity contribution in [1.82, 2.24) is 0 Å². The van der Waals surface area contributed by atoms with E-state index < -0.39 is 0 Å². The Hall–Kier alpha value is -16.1. The Morgan fingerprint density at radius 1 is 0.280 bits per heavy atom. The van der Waals surface area contributed by atoms with Crippen LogP contribution in [0.25, 0.3) is 27.9 Å². The third-order valence-electron chi connectivity index (χ3n) is 21.6. The molecule has 28 heteroatoms. The van der Waals surface area contributed by atoms with E-state index in [1.165, 1.54) is 115 Å². The average molecular weight is 1960 g/mol. The van der Waals surface area contributed by atoms with Crippen LogP contribution in [0.1, 0.15) is 193 Å². The van der Waals surface area contributed by atoms with E-state index in [-0.39, 0.29) is 84.4 Å². The van der Waals surface area contributed by atoms with Gasteiger partial charge in [0, 0.05) is 61.1 Å². The summed E-state index contributed by atoms with van der Waals surface area (Å²) in [5, 5.41) is 26.9. The summed E-state index contributed by atoms with van der Waals surface area (Å²) in [5.41, 5.74) is 13.9. The molecular weight excluding hydrogens is 1820 g/mol. The van der Waals surface area contributed by atoms with E-state index in [0.717, 1.165) is 86.9 Å². The number of benzene rings is 10. The lowest BCUT2D eigenvalue weighted by Crippen LogP contribution is -2.11. The molecule has 0 heterocycles. The van der Waals surface area contributed by atoms with Crippen molar-refractivity contribution in [2.75, 3.05) is 122 Å². The van der Waals surface area contributed by atoms with Crippen molar-refractivity contribution in [2.45, 2.75) is 149 Å². The van der Waals surface area contributed by atoms with Crippen molar-refractivity contribution in [2.24, 2.45) is 0 Å². The predicted molar refractivity (Wildman–Crippen MR) is 568 cm³/mol. The predicted octanol–water partition coefficient (Wildman–Crippen LogP) is 24.6. The average Bonchev–Trinajstić information content (AvgIpc) is 1.78. The molecule has 2 fully saturated rings. The molecule has 2 aliphatic rings. The summed E-state index contributed by atoms with van der Waals surface area (Å²) >= 11 is 0. The van der Waals surface area contributed by atoms with Crippen molar-refractivity contribution in [1.29, 1.82) is 10.5 Å². The van der Waals surface area contributed by atoms with Gasteiger partial charge >= 0.3 is 0 Å². The SMILES string of the molecule is C.C.C.C.C.CCOc1cc(/C(=C/C(C)=O)c2ccc(NC(C)=O)cc2)ccc1OC.COc1cc(C(=CC#N)c2ccc(OC)c(OC)c2OC)cc(OC)c1OC.COc1ccc(/C(=C/C(C)=O)c2ccc(NC(C)=O)cc2)cc1OC1CCCC1.COc1ccc(/C(=C\C(C)=O)c2ccc(NC(C)=O)cc2)cc1OC1CCCC1.COc1ccc(C(=CC#N)c2cc(OC)c(OC)c(OC)c2)cc1OC. The van der Waals surface area contributed by atoms with Gasteiger partial charge in [-0.1, -0.05) is 97.8 Å². The second kappa shape index (κ2) is 61.4. The number of hydrogen-bond acceptors (Lipinski definition) is 25.